The normalized spacial score (nSPS) is 20.1. The first-order valence-electron chi connectivity index (χ1n) is 7.15. The highest BCUT2D eigenvalue weighted by Gasteiger charge is 2.41. The van der Waals surface area contributed by atoms with Crippen molar-refractivity contribution in [2.75, 3.05) is 31.7 Å². The Hall–Kier alpha value is -2.33. The van der Waals surface area contributed by atoms with Gasteiger partial charge in [0.05, 0.1) is 18.8 Å². The Morgan fingerprint density at radius 3 is 2.33 bits per heavy atom. The molecule has 2 saturated heterocycles. The molecule has 1 unspecified atom stereocenters. The Morgan fingerprint density at radius 2 is 1.75 bits per heavy atom. The van der Waals surface area contributed by atoms with Crippen molar-refractivity contribution in [1.29, 1.82) is 0 Å². The van der Waals surface area contributed by atoms with Crippen LogP contribution in [0.2, 0.25) is 0 Å². The topological polar surface area (TPSA) is 129 Å². The lowest BCUT2D eigenvalue weighted by atomic mass is 10.3. The van der Waals surface area contributed by atoms with Gasteiger partial charge in [-0.25, -0.2) is 19.6 Å². The molecular formula is C12H17N6O5P. The van der Waals surface area contributed by atoms with Crippen LogP contribution in [0, 0.1) is 0 Å². The van der Waals surface area contributed by atoms with Crippen molar-refractivity contribution in [3.8, 4) is 0 Å². The van der Waals surface area contributed by atoms with Crippen LogP contribution in [-0.4, -0.2) is 53.4 Å². The van der Waals surface area contributed by atoms with Crippen LogP contribution >= 0.6 is 7.59 Å². The van der Waals surface area contributed by atoms with Gasteiger partial charge in [0, 0.05) is 0 Å². The van der Waals surface area contributed by atoms with Crippen LogP contribution in [-0.2, 0) is 14.0 Å². The van der Waals surface area contributed by atoms with Gasteiger partial charge in [-0.05, 0) is 17.0 Å². The summed E-state index contributed by atoms with van der Waals surface area (Å²) in [7, 11) is -3.92. The van der Waals surface area contributed by atoms with Crippen molar-refractivity contribution in [3.05, 3.63) is 30.3 Å². The summed E-state index contributed by atoms with van der Waals surface area (Å²) in [6, 6.07) is 8.74. The smallest absolute Gasteiger partial charge is 0.426 e. The molecule has 0 saturated carbocycles. The summed E-state index contributed by atoms with van der Waals surface area (Å²) in [6.45, 7) is 0.636. The van der Waals surface area contributed by atoms with Crippen LogP contribution in [0.4, 0.5) is 15.3 Å². The average Bonchev–Trinajstić information content (AvgIpc) is 3.14. The van der Waals surface area contributed by atoms with Gasteiger partial charge < -0.3 is 9.47 Å². The number of cyclic esters (lactones) is 2. The number of para-hydroxylation sites is 1. The summed E-state index contributed by atoms with van der Waals surface area (Å²) in [5.41, 5.74) is 9.26. The van der Waals surface area contributed by atoms with Gasteiger partial charge in [-0.3, -0.25) is 15.5 Å². The van der Waals surface area contributed by atoms with E-state index in [2.05, 4.69) is 10.6 Å². The van der Waals surface area contributed by atoms with Crippen LogP contribution in [0.15, 0.2) is 30.3 Å². The number of carbonyl (C=O) groups excluding carboxylic acids is 2. The first-order valence-corrected chi connectivity index (χ1v) is 8.87. The van der Waals surface area contributed by atoms with Gasteiger partial charge in [0.25, 0.3) is 0 Å². The molecule has 0 bridgehead atoms. The van der Waals surface area contributed by atoms with Gasteiger partial charge in [-0.15, -0.1) is 5.20 Å². The van der Waals surface area contributed by atoms with E-state index in [0.29, 0.717) is 5.69 Å². The molecule has 0 spiro atoms. The van der Waals surface area contributed by atoms with E-state index in [-0.39, 0.29) is 26.3 Å². The molecule has 3 rings (SSSR count). The number of benzene rings is 1. The predicted octanol–water partition coefficient (Wildman–Crippen LogP) is 0.706. The maximum absolute atomic E-state index is 13.0. The lowest BCUT2D eigenvalue weighted by Gasteiger charge is -2.35. The Labute approximate surface area is 137 Å². The van der Waals surface area contributed by atoms with Gasteiger partial charge >= 0.3 is 19.8 Å². The number of hydrogen-bond donors (Lipinski definition) is 3. The Balaban J connectivity index is 1.83. The van der Waals surface area contributed by atoms with Gasteiger partial charge in [-0.2, -0.15) is 0 Å². The second-order valence-electron chi connectivity index (χ2n) is 4.99. The average molecular weight is 356 g/mol. The molecule has 0 aromatic heterocycles. The van der Waals surface area contributed by atoms with Crippen LogP contribution in [0.25, 0.3) is 0 Å². The van der Waals surface area contributed by atoms with E-state index >= 15 is 0 Å². The molecule has 2 aliphatic heterocycles. The van der Waals surface area contributed by atoms with Crippen LogP contribution in [0.5, 0.6) is 0 Å². The van der Waals surface area contributed by atoms with E-state index in [1.54, 1.807) is 30.3 Å². The SMILES string of the molecule is NP(=O)(NN1CCOC1=O)N(Nc1ccccc1)N1CCOC1=O. The number of rotatable bonds is 6. The first kappa shape index (κ1) is 16.5. The number of nitrogens with two attached hydrogens (primary N) is 1. The number of ether oxygens (including phenoxy) is 2. The highest BCUT2D eigenvalue weighted by Crippen LogP contribution is 2.39. The van der Waals surface area contributed by atoms with Crippen molar-refractivity contribution >= 4 is 25.5 Å². The Kier molecular flexibility index (Phi) is 4.58. The van der Waals surface area contributed by atoms with Crippen molar-refractivity contribution in [1.82, 2.24) is 20.1 Å². The van der Waals surface area contributed by atoms with E-state index < -0.39 is 19.8 Å². The summed E-state index contributed by atoms with van der Waals surface area (Å²) in [6.07, 6.45) is -1.39. The zero-order valence-electron chi connectivity index (χ0n) is 12.6. The molecule has 0 radical (unpaired) electrons. The lowest BCUT2D eigenvalue weighted by molar-refractivity contribution is 0.102. The number of nitrogens with one attached hydrogen (secondary N) is 2. The minimum atomic E-state index is -3.92. The van der Waals surface area contributed by atoms with Crippen molar-refractivity contribution in [2.45, 2.75) is 0 Å². The number of amides is 2. The number of anilines is 1. The monoisotopic (exact) mass is 356 g/mol. The van der Waals surface area contributed by atoms with Gasteiger partial charge in [0.2, 0.25) is 0 Å². The van der Waals surface area contributed by atoms with Gasteiger partial charge in [0.15, 0.2) is 0 Å². The zero-order chi connectivity index (χ0) is 17.2. The third-order valence-corrected chi connectivity index (χ3v) is 4.68. The van der Waals surface area contributed by atoms with Crippen molar-refractivity contribution in [2.24, 2.45) is 5.50 Å². The summed E-state index contributed by atoms with van der Waals surface area (Å²) < 4.78 is 22.6. The molecule has 1 aromatic carbocycles. The number of hydrogen-bond acceptors (Lipinski definition) is 6. The molecule has 1 aromatic rings. The minimum Gasteiger partial charge on any atom is -0.447 e. The highest BCUT2D eigenvalue weighted by atomic mass is 31.2. The van der Waals surface area contributed by atoms with E-state index in [1.807, 2.05) is 0 Å². The van der Waals surface area contributed by atoms with E-state index in [4.69, 9.17) is 15.0 Å². The van der Waals surface area contributed by atoms with Gasteiger partial charge in [0.1, 0.15) is 13.2 Å². The van der Waals surface area contributed by atoms with E-state index in [1.165, 1.54) is 0 Å². The highest BCUT2D eigenvalue weighted by molar-refractivity contribution is 7.56. The maximum atomic E-state index is 13.0. The van der Waals surface area contributed by atoms with E-state index in [0.717, 1.165) is 14.9 Å². The van der Waals surface area contributed by atoms with Crippen LogP contribution in [0.1, 0.15) is 0 Å². The van der Waals surface area contributed by atoms with Gasteiger partial charge in [-0.1, -0.05) is 18.2 Å². The molecule has 2 amide bonds. The molecule has 1 atom stereocenters. The predicted molar refractivity (Wildman–Crippen MR) is 82.9 cm³/mol. The second-order valence-corrected chi connectivity index (χ2v) is 6.82. The summed E-state index contributed by atoms with van der Waals surface area (Å²) in [5, 5.41) is 4.50. The lowest BCUT2D eigenvalue weighted by Crippen LogP contribution is -2.52. The Bertz CT molecular complexity index is 673. The molecule has 12 heteroatoms. The number of hydrazine groups is 3. The standard InChI is InChI=1S/C12H17N6O5P/c13-24(21,15-16-6-8-22-11(16)19)18(17-7-9-23-12(17)20)14-10-4-2-1-3-5-10/h1-5,14H,6-9H2,(H3,13,15,21). The largest absolute Gasteiger partial charge is 0.447 e. The molecule has 2 fully saturated rings. The molecule has 4 N–H and O–H groups in total. The Morgan fingerprint density at radius 1 is 1.08 bits per heavy atom. The fraction of sp³-hybridized carbons (Fsp3) is 0.333. The van der Waals surface area contributed by atoms with Crippen molar-refractivity contribution < 1.29 is 23.6 Å². The number of nitrogens with zero attached hydrogens (tertiary/aromatic N) is 3. The summed E-state index contributed by atoms with van der Waals surface area (Å²) >= 11 is 0. The quantitative estimate of drug-likeness (QED) is 0.498. The molecule has 2 aliphatic rings. The third-order valence-electron chi connectivity index (χ3n) is 3.28. The first-order chi connectivity index (χ1) is 11.5. The molecule has 24 heavy (non-hydrogen) atoms. The molecular weight excluding hydrogens is 339 g/mol. The summed E-state index contributed by atoms with van der Waals surface area (Å²) in [5.74, 6) is 0. The number of carbonyl (C=O) groups is 2. The molecule has 0 aliphatic carbocycles. The second kappa shape index (κ2) is 6.65. The van der Waals surface area contributed by atoms with Crippen LogP contribution in [0.3, 0.4) is 0 Å². The van der Waals surface area contributed by atoms with Crippen molar-refractivity contribution in [3.63, 3.8) is 0 Å². The summed E-state index contributed by atoms with van der Waals surface area (Å²) in [4.78, 5) is 24.4. The fourth-order valence-corrected chi connectivity index (χ4v) is 3.54. The minimum absolute atomic E-state index is 0.136. The zero-order valence-corrected chi connectivity index (χ0v) is 13.5. The fourth-order valence-electron chi connectivity index (χ4n) is 2.18. The maximum Gasteiger partial charge on any atom is 0.426 e. The molecule has 11 nitrogen and oxygen atoms in total. The third kappa shape index (κ3) is 3.44. The van der Waals surface area contributed by atoms with Crippen LogP contribution < -0.4 is 16.1 Å². The molecule has 130 valence electrons. The molecule has 2 heterocycles. The van der Waals surface area contributed by atoms with E-state index in [9.17, 15) is 14.2 Å².